The van der Waals surface area contributed by atoms with E-state index < -0.39 is 0 Å². The highest BCUT2D eigenvalue weighted by molar-refractivity contribution is 9.10. The van der Waals surface area contributed by atoms with Crippen molar-refractivity contribution in [3.05, 3.63) is 35.9 Å². The quantitative estimate of drug-likeness (QED) is 0.763. The highest BCUT2D eigenvalue weighted by atomic mass is 79.9. The predicted octanol–water partition coefficient (Wildman–Crippen LogP) is 3.13. The Morgan fingerprint density at radius 2 is 2.06 bits per heavy atom. The molecule has 0 spiro atoms. The number of benzene rings is 1. The van der Waals surface area contributed by atoms with Crippen LogP contribution in [0.4, 0.5) is 0 Å². The molecule has 0 radical (unpaired) electrons. The third-order valence-electron chi connectivity index (χ3n) is 3.16. The van der Waals surface area contributed by atoms with E-state index in [0.717, 1.165) is 19.4 Å². The second-order valence-electron chi connectivity index (χ2n) is 4.23. The molecule has 0 aromatic heterocycles. The first-order chi connectivity index (χ1) is 7.70. The summed E-state index contributed by atoms with van der Waals surface area (Å²) in [6.45, 7) is 2.97. The molecule has 86 valence electrons. The fourth-order valence-electron chi connectivity index (χ4n) is 2.15. The number of hydrogen-bond donors (Lipinski definition) is 0. The van der Waals surface area contributed by atoms with Gasteiger partial charge in [0.25, 0.3) is 0 Å². The fourth-order valence-corrected chi connectivity index (χ4v) is 2.74. The van der Waals surface area contributed by atoms with E-state index in [4.69, 9.17) is 0 Å². The zero-order chi connectivity index (χ0) is 11.5. The van der Waals surface area contributed by atoms with E-state index in [0.29, 0.717) is 0 Å². The minimum absolute atomic E-state index is 0.00686. The van der Waals surface area contributed by atoms with Crippen LogP contribution in [0.25, 0.3) is 0 Å². The van der Waals surface area contributed by atoms with Gasteiger partial charge in [0.2, 0.25) is 5.91 Å². The topological polar surface area (TPSA) is 20.3 Å². The first kappa shape index (κ1) is 11.6. The molecule has 1 aromatic rings. The number of rotatable bonds is 2. The number of carbonyl (C=O) groups is 1. The number of carbonyl (C=O) groups excluding carboxylic acids is 1. The fraction of sp³-hybridized carbons (Fsp3) is 0.462. The average Bonchev–Trinajstić information content (AvgIpc) is 2.33. The van der Waals surface area contributed by atoms with Crippen molar-refractivity contribution in [1.82, 2.24) is 4.90 Å². The monoisotopic (exact) mass is 281 g/mol. The van der Waals surface area contributed by atoms with Crippen molar-refractivity contribution >= 4 is 21.8 Å². The van der Waals surface area contributed by atoms with Gasteiger partial charge in [-0.05, 0) is 25.3 Å². The Morgan fingerprint density at radius 3 is 2.75 bits per heavy atom. The van der Waals surface area contributed by atoms with Crippen LogP contribution in [0.5, 0.6) is 0 Å². The van der Waals surface area contributed by atoms with Crippen LogP contribution in [-0.4, -0.2) is 22.2 Å². The molecular weight excluding hydrogens is 266 g/mol. The standard InChI is InChI=1S/C13H16BrNO/c1-10(11-6-3-2-4-7-11)15-9-5-8-12(14)13(15)16/h2-4,6-7,10,12H,5,8-9H2,1H3. The van der Waals surface area contributed by atoms with Gasteiger partial charge in [0.05, 0.1) is 10.9 Å². The second kappa shape index (κ2) is 5.00. The minimum Gasteiger partial charge on any atom is -0.335 e. The molecule has 16 heavy (non-hydrogen) atoms. The van der Waals surface area contributed by atoms with Crippen LogP contribution < -0.4 is 0 Å². The summed E-state index contributed by atoms with van der Waals surface area (Å²) < 4.78 is 0. The Labute approximate surface area is 105 Å². The van der Waals surface area contributed by atoms with Gasteiger partial charge in [-0.15, -0.1) is 0 Å². The van der Waals surface area contributed by atoms with Crippen molar-refractivity contribution in [2.24, 2.45) is 0 Å². The van der Waals surface area contributed by atoms with Crippen LogP contribution in [0.2, 0.25) is 0 Å². The van der Waals surface area contributed by atoms with Crippen LogP contribution >= 0.6 is 15.9 Å². The molecule has 2 unspecified atom stereocenters. The third kappa shape index (κ3) is 2.29. The van der Waals surface area contributed by atoms with E-state index in [1.165, 1.54) is 5.56 Å². The largest absolute Gasteiger partial charge is 0.335 e. The smallest absolute Gasteiger partial charge is 0.236 e. The first-order valence-corrected chi connectivity index (χ1v) is 6.61. The van der Waals surface area contributed by atoms with E-state index in [-0.39, 0.29) is 16.8 Å². The number of amides is 1. The average molecular weight is 282 g/mol. The Morgan fingerprint density at radius 1 is 1.38 bits per heavy atom. The molecule has 1 aliphatic rings. The Kier molecular flexibility index (Phi) is 3.64. The van der Waals surface area contributed by atoms with Crippen molar-refractivity contribution in [3.63, 3.8) is 0 Å². The summed E-state index contributed by atoms with van der Waals surface area (Å²) in [5.74, 6) is 0.225. The van der Waals surface area contributed by atoms with Gasteiger partial charge in [-0.3, -0.25) is 4.79 Å². The highest BCUT2D eigenvalue weighted by Gasteiger charge is 2.30. The number of piperidine rings is 1. The minimum atomic E-state index is 0.00686. The maximum absolute atomic E-state index is 12.0. The Hall–Kier alpha value is -0.830. The van der Waals surface area contributed by atoms with Gasteiger partial charge in [-0.1, -0.05) is 46.3 Å². The lowest BCUT2D eigenvalue weighted by molar-refractivity contribution is -0.134. The van der Waals surface area contributed by atoms with Gasteiger partial charge < -0.3 is 4.90 Å². The van der Waals surface area contributed by atoms with Gasteiger partial charge in [-0.25, -0.2) is 0 Å². The number of nitrogens with zero attached hydrogens (tertiary/aromatic N) is 1. The summed E-state index contributed by atoms with van der Waals surface area (Å²) in [4.78, 5) is 14.0. The molecule has 0 bridgehead atoms. The zero-order valence-corrected chi connectivity index (χ0v) is 11.0. The SMILES string of the molecule is CC(c1ccccc1)N1CCCC(Br)C1=O. The van der Waals surface area contributed by atoms with Crippen molar-refractivity contribution in [3.8, 4) is 0 Å². The number of halogens is 1. The lowest BCUT2D eigenvalue weighted by Gasteiger charge is -2.35. The summed E-state index contributed by atoms with van der Waals surface area (Å²) in [6, 6.07) is 10.4. The van der Waals surface area contributed by atoms with E-state index in [2.05, 4.69) is 35.0 Å². The van der Waals surface area contributed by atoms with Crippen molar-refractivity contribution in [2.75, 3.05) is 6.54 Å². The van der Waals surface area contributed by atoms with Gasteiger partial charge in [0.1, 0.15) is 0 Å². The molecule has 0 saturated carbocycles. The summed E-state index contributed by atoms with van der Waals surface area (Å²) in [5, 5.41) is 0. The summed E-state index contributed by atoms with van der Waals surface area (Å²) >= 11 is 3.44. The zero-order valence-electron chi connectivity index (χ0n) is 9.40. The molecule has 0 aliphatic carbocycles. The molecule has 3 heteroatoms. The molecule has 1 fully saturated rings. The Bertz CT molecular complexity index is 365. The maximum atomic E-state index is 12.0. The Balaban J connectivity index is 2.15. The predicted molar refractivity (Wildman–Crippen MR) is 68.5 cm³/mol. The normalized spacial score (nSPS) is 23.2. The molecule has 1 aliphatic heterocycles. The summed E-state index contributed by atoms with van der Waals surface area (Å²) in [6.07, 6.45) is 2.04. The lowest BCUT2D eigenvalue weighted by Crippen LogP contribution is -2.43. The number of likely N-dealkylation sites (tertiary alicyclic amines) is 1. The van der Waals surface area contributed by atoms with Gasteiger partial charge in [0, 0.05) is 6.54 Å². The van der Waals surface area contributed by atoms with Gasteiger partial charge >= 0.3 is 0 Å². The van der Waals surface area contributed by atoms with Crippen LogP contribution in [0.15, 0.2) is 30.3 Å². The van der Waals surface area contributed by atoms with Gasteiger partial charge in [0.15, 0.2) is 0 Å². The number of alkyl halides is 1. The van der Waals surface area contributed by atoms with Crippen molar-refractivity contribution in [2.45, 2.75) is 30.6 Å². The van der Waals surface area contributed by atoms with E-state index >= 15 is 0 Å². The maximum Gasteiger partial charge on any atom is 0.236 e. The van der Waals surface area contributed by atoms with Crippen LogP contribution in [0, 0.1) is 0 Å². The van der Waals surface area contributed by atoms with E-state index in [1.807, 2.05) is 23.1 Å². The molecule has 1 saturated heterocycles. The summed E-state index contributed by atoms with van der Waals surface area (Å²) in [7, 11) is 0. The van der Waals surface area contributed by atoms with E-state index in [1.54, 1.807) is 0 Å². The highest BCUT2D eigenvalue weighted by Crippen LogP contribution is 2.27. The molecule has 1 heterocycles. The van der Waals surface area contributed by atoms with Crippen molar-refractivity contribution in [1.29, 1.82) is 0 Å². The van der Waals surface area contributed by atoms with Crippen LogP contribution in [-0.2, 0) is 4.79 Å². The third-order valence-corrected chi connectivity index (χ3v) is 4.01. The molecule has 0 N–H and O–H groups in total. The molecule has 2 rings (SSSR count). The van der Waals surface area contributed by atoms with Crippen molar-refractivity contribution < 1.29 is 4.79 Å². The second-order valence-corrected chi connectivity index (χ2v) is 5.33. The first-order valence-electron chi connectivity index (χ1n) is 5.69. The number of hydrogen-bond acceptors (Lipinski definition) is 1. The molecular formula is C13H16BrNO. The van der Waals surface area contributed by atoms with E-state index in [9.17, 15) is 4.79 Å². The lowest BCUT2D eigenvalue weighted by atomic mass is 10.0. The molecule has 1 aromatic carbocycles. The summed E-state index contributed by atoms with van der Waals surface area (Å²) in [5.41, 5.74) is 1.21. The van der Waals surface area contributed by atoms with Gasteiger partial charge in [-0.2, -0.15) is 0 Å². The molecule has 2 atom stereocenters. The molecule has 2 nitrogen and oxygen atoms in total. The van der Waals surface area contributed by atoms with Crippen LogP contribution in [0.3, 0.4) is 0 Å². The molecule has 1 amide bonds. The van der Waals surface area contributed by atoms with Crippen LogP contribution in [0.1, 0.15) is 31.4 Å².